The van der Waals surface area contributed by atoms with E-state index in [1.54, 1.807) is 19.2 Å². The first kappa shape index (κ1) is 18.4. The molecular weight excluding hydrogens is 319 g/mol. The Balaban J connectivity index is 2.38. The maximum Gasteiger partial charge on any atom is 0.390 e. The number of halogens is 4. The molecule has 1 aromatic carbocycles. The Morgan fingerprint density at radius 1 is 1.27 bits per heavy atom. The van der Waals surface area contributed by atoms with E-state index in [-0.39, 0.29) is 6.54 Å². The predicted molar refractivity (Wildman–Crippen MR) is 81.7 cm³/mol. The number of rotatable bonds is 6. The van der Waals surface area contributed by atoms with Crippen molar-refractivity contribution in [2.24, 2.45) is 4.99 Å². The second kappa shape index (κ2) is 8.73. The molecule has 0 bridgehead atoms. The molecule has 2 N–H and O–H groups in total. The maximum atomic E-state index is 12.1. The molecule has 0 aliphatic carbocycles. The first-order valence-electron chi connectivity index (χ1n) is 6.69. The second-order valence-corrected chi connectivity index (χ2v) is 4.91. The van der Waals surface area contributed by atoms with Crippen molar-refractivity contribution in [3.63, 3.8) is 0 Å². The summed E-state index contributed by atoms with van der Waals surface area (Å²) in [6.45, 7) is 0.282. The largest absolute Gasteiger partial charge is 0.497 e. The molecule has 0 fully saturated rings. The summed E-state index contributed by atoms with van der Waals surface area (Å²) in [7, 11) is 3.06. The lowest BCUT2D eigenvalue weighted by atomic mass is 10.1. The third-order valence-corrected chi connectivity index (χ3v) is 3.22. The van der Waals surface area contributed by atoms with Gasteiger partial charge in [-0.3, -0.25) is 4.99 Å². The summed E-state index contributed by atoms with van der Waals surface area (Å²) >= 11 is 6.11. The fraction of sp³-hybridized carbons (Fsp3) is 0.500. The maximum absolute atomic E-state index is 12.1. The summed E-state index contributed by atoms with van der Waals surface area (Å²) in [4.78, 5) is 3.86. The number of benzene rings is 1. The van der Waals surface area contributed by atoms with Crippen molar-refractivity contribution in [3.05, 3.63) is 28.8 Å². The average Bonchev–Trinajstić information content (AvgIpc) is 2.45. The van der Waals surface area contributed by atoms with Crippen LogP contribution in [0.15, 0.2) is 23.2 Å². The molecule has 0 radical (unpaired) electrons. The fourth-order valence-electron chi connectivity index (χ4n) is 1.72. The standard InChI is InChI=1S/C14H19ClF3N3O/c1-19-13(21-8-6-14(16,17)18)20-7-5-10-3-4-11(22-2)9-12(10)15/h3-4,9H,5-8H2,1-2H3,(H2,19,20,21). The number of guanidine groups is 1. The van der Waals surface area contributed by atoms with Crippen LogP contribution in [0.4, 0.5) is 13.2 Å². The molecule has 0 spiro atoms. The minimum atomic E-state index is -4.18. The zero-order chi connectivity index (χ0) is 16.6. The van der Waals surface area contributed by atoms with Crippen LogP contribution in [-0.4, -0.2) is 39.4 Å². The van der Waals surface area contributed by atoms with Crippen LogP contribution in [0.2, 0.25) is 5.02 Å². The zero-order valence-electron chi connectivity index (χ0n) is 12.4. The first-order chi connectivity index (χ1) is 10.4. The minimum Gasteiger partial charge on any atom is -0.497 e. The molecule has 22 heavy (non-hydrogen) atoms. The summed E-state index contributed by atoms with van der Waals surface area (Å²) < 4.78 is 41.3. The van der Waals surface area contributed by atoms with Crippen molar-refractivity contribution in [1.82, 2.24) is 10.6 Å². The predicted octanol–water partition coefficient (Wildman–Crippen LogP) is 3.01. The Kier molecular flexibility index (Phi) is 7.31. The van der Waals surface area contributed by atoms with Gasteiger partial charge in [-0.05, 0) is 24.1 Å². The summed E-state index contributed by atoms with van der Waals surface area (Å²) in [6.07, 6.45) is -4.47. The molecule has 0 aliphatic rings. The van der Waals surface area contributed by atoms with Crippen molar-refractivity contribution in [2.45, 2.75) is 19.0 Å². The number of nitrogens with one attached hydrogen (secondary N) is 2. The smallest absolute Gasteiger partial charge is 0.390 e. The summed E-state index contributed by atoms with van der Waals surface area (Å²) in [5.41, 5.74) is 0.917. The van der Waals surface area contributed by atoms with E-state index in [0.717, 1.165) is 5.56 Å². The molecule has 0 unspecified atom stereocenters. The van der Waals surface area contributed by atoms with Gasteiger partial charge in [0.05, 0.1) is 13.5 Å². The molecule has 0 aliphatic heterocycles. The monoisotopic (exact) mass is 337 g/mol. The molecule has 0 aromatic heterocycles. The lowest BCUT2D eigenvalue weighted by Crippen LogP contribution is -2.39. The molecule has 1 rings (SSSR count). The molecule has 0 saturated heterocycles. The number of alkyl halides is 3. The van der Waals surface area contributed by atoms with Gasteiger partial charge in [0.25, 0.3) is 0 Å². The molecule has 4 nitrogen and oxygen atoms in total. The number of nitrogens with zero attached hydrogens (tertiary/aromatic N) is 1. The highest BCUT2D eigenvalue weighted by molar-refractivity contribution is 6.31. The van der Waals surface area contributed by atoms with Gasteiger partial charge in [-0.25, -0.2) is 0 Å². The molecule has 1 aromatic rings. The van der Waals surface area contributed by atoms with Crippen molar-refractivity contribution in [2.75, 3.05) is 27.2 Å². The Morgan fingerprint density at radius 3 is 2.50 bits per heavy atom. The Bertz CT molecular complexity index is 507. The van der Waals surface area contributed by atoms with Gasteiger partial charge in [0, 0.05) is 25.2 Å². The third-order valence-electron chi connectivity index (χ3n) is 2.87. The van der Waals surface area contributed by atoms with Crippen LogP contribution in [0.5, 0.6) is 5.75 Å². The quantitative estimate of drug-likeness (QED) is 0.619. The molecule has 124 valence electrons. The highest BCUT2D eigenvalue weighted by atomic mass is 35.5. The molecule has 0 amide bonds. The SMILES string of the molecule is CN=C(NCCc1ccc(OC)cc1Cl)NCCC(F)(F)F. The second-order valence-electron chi connectivity index (χ2n) is 4.50. The van der Waals surface area contributed by atoms with Gasteiger partial charge in [0.1, 0.15) is 5.75 Å². The van der Waals surface area contributed by atoms with Crippen LogP contribution in [0.1, 0.15) is 12.0 Å². The van der Waals surface area contributed by atoms with E-state index in [4.69, 9.17) is 16.3 Å². The Morgan fingerprint density at radius 2 is 1.95 bits per heavy atom. The third kappa shape index (κ3) is 6.89. The van der Waals surface area contributed by atoms with Gasteiger partial charge in [-0.1, -0.05) is 17.7 Å². The topological polar surface area (TPSA) is 45.7 Å². The molecule has 0 heterocycles. The molecule has 0 saturated carbocycles. The Labute approximate surface area is 132 Å². The van der Waals surface area contributed by atoms with Gasteiger partial charge in [0.2, 0.25) is 0 Å². The lowest BCUT2D eigenvalue weighted by molar-refractivity contribution is -0.132. The Hall–Kier alpha value is -1.63. The van der Waals surface area contributed by atoms with E-state index in [1.165, 1.54) is 7.05 Å². The molecular formula is C14H19ClF3N3O. The van der Waals surface area contributed by atoms with Crippen LogP contribution in [-0.2, 0) is 6.42 Å². The van der Waals surface area contributed by atoms with E-state index in [2.05, 4.69) is 15.6 Å². The highest BCUT2D eigenvalue weighted by Gasteiger charge is 2.26. The molecule has 0 atom stereocenters. The summed E-state index contributed by atoms with van der Waals surface area (Å²) in [5.74, 6) is 1.00. The van der Waals surface area contributed by atoms with Crippen LogP contribution >= 0.6 is 11.6 Å². The normalized spacial score (nSPS) is 12.2. The van der Waals surface area contributed by atoms with Crippen molar-refractivity contribution >= 4 is 17.6 Å². The van der Waals surface area contributed by atoms with E-state index in [1.807, 2.05) is 6.07 Å². The van der Waals surface area contributed by atoms with Crippen LogP contribution in [0.25, 0.3) is 0 Å². The van der Waals surface area contributed by atoms with Crippen molar-refractivity contribution in [3.8, 4) is 5.75 Å². The molecule has 8 heteroatoms. The van der Waals surface area contributed by atoms with E-state index in [9.17, 15) is 13.2 Å². The van der Waals surface area contributed by atoms with Gasteiger partial charge < -0.3 is 15.4 Å². The van der Waals surface area contributed by atoms with E-state index < -0.39 is 12.6 Å². The van der Waals surface area contributed by atoms with Gasteiger partial charge in [0.15, 0.2) is 5.96 Å². The number of hydrogen-bond acceptors (Lipinski definition) is 2. The number of hydrogen-bond donors (Lipinski definition) is 2. The lowest BCUT2D eigenvalue weighted by Gasteiger charge is -2.13. The average molecular weight is 338 g/mol. The zero-order valence-corrected chi connectivity index (χ0v) is 13.2. The van der Waals surface area contributed by atoms with Gasteiger partial charge in [-0.2, -0.15) is 13.2 Å². The van der Waals surface area contributed by atoms with Gasteiger partial charge in [-0.15, -0.1) is 0 Å². The summed E-state index contributed by atoms with van der Waals surface area (Å²) in [6, 6.07) is 5.37. The van der Waals surface area contributed by atoms with Gasteiger partial charge >= 0.3 is 6.18 Å². The van der Waals surface area contributed by atoms with Crippen molar-refractivity contribution in [1.29, 1.82) is 0 Å². The fourth-order valence-corrected chi connectivity index (χ4v) is 1.98. The highest BCUT2D eigenvalue weighted by Crippen LogP contribution is 2.22. The number of methoxy groups -OCH3 is 1. The number of aliphatic imine (C=N–C) groups is 1. The van der Waals surface area contributed by atoms with Crippen molar-refractivity contribution < 1.29 is 17.9 Å². The first-order valence-corrected chi connectivity index (χ1v) is 7.07. The number of ether oxygens (including phenoxy) is 1. The summed E-state index contributed by atoms with van der Waals surface area (Å²) in [5, 5.41) is 6.14. The van der Waals surface area contributed by atoms with Crippen LogP contribution < -0.4 is 15.4 Å². The van der Waals surface area contributed by atoms with Crippen LogP contribution in [0, 0.1) is 0 Å². The van der Waals surface area contributed by atoms with E-state index in [0.29, 0.717) is 29.7 Å². The minimum absolute atomic E-state index is 0.216. The van der Waals surface area contributed by atoms with E-state index >= 15 is 0 Å². The van der Waals surface area contributed by atoms with Crippen LogP contribution in [0.3, 0.4) is 0 Å².